The van der Waals surface area contributed by atoms with Crippen molar-refractivity contribution in [1.29, 1.82) is 0 Å². The zero-order valence-electron chi connectivity index (χ0n) is 18.3. The fraction of sp³-hybridized carbons (Fsp3) is 0.667. The Morgan fingerprint density at radius 2 is 1.90 bits per heavy atom. The molecule has 1 aromatic rings. The van der Waals surface area contributed by atoms with Crippen molar-refractivity contribution in [3.63, 3.8) is 0 Å². The van der Waals surface area contributed by atoms with E-state index in [1.807, 2.05) is 0 Å². The third kappa shape index (κ3) is 4.72. The van der Waals surface area contributed by atoms with E-state index in [4.69, 9.17) is 4.74 Å². The summed E-state index contributed by atoms with van der Waals surface area (Å²) in [5, 5.41) is 3.10. The van der Waals surface area contributed by atoms with E-state index >= 15 is 0 Å². The summed E-state index contributed by atoms with van der Waals surface area (Å²) in [5.74, 6) is 1.47. The summed E-state index contributed by atoms with van der Waals surface area (Å²) < 4.78 is 5.42. The summed E-state index contributed by atoms with van der Waals surface area (Å²) in [7, 11) is 0. The molecule has 0 aromatic heterocycles. The minimum absolute atomic E-state index is 0.0915. The molecule has 4 aliphatic heterocycles. The number of piperidine rings is 3. The van der Waals surface area contributed by atoms with E-state index in [0.29, 0.717) is 36.9 Å². The lowest BCUT2D eigenvalue weighted by molar-refractivity contribution is -0.145. The number of morpholine rings is 1. The summed E-state index contributed by atoms with van der Waals surface area (Å²) in [6.45, 7) is 7.19. The summed E-state index contributed by atoms with van der Waals surface area (Å²) in [5.41, 5.74) is 2.34. The summed E-state index contributed by atoms with van der Waals surface area (Å²) in [6, 6.07) is 8.87. The third-order valence-corrected chi connectivity index (χ3v) is 7.42. The second kappa shape index (κ2) is 9.17. The Kier molecular flexibility index (Phi) is 6.14. The van der Waals surface area contributed by atoms with Crippen LogP contribution in [0.4, 0.5) is 5.69 Å². The van der Waals surface area contributed by atoms with Gasteiger partial charge >= 0.3 is 0 Å². The van der Waals surface area contributed by atoms with Crippen LogP contribution in [-0.2, 0) is 20.9 Å². The molecule has 3 atom stereocenters. The lowest BCUT2D eigenvalue weighted by Crippen LogP contribution is -2.61. The second-order valence-corrected chi connectivity index (χ2v) is 9.60. The number of likely N-dealkylation sites (tertiary alicyclic amines) is 1. The Morgan fingerprint density at radius 1 is 1.10 bits per heavy atom. The zero-order chi connectivity index (χ0) is 21.2. The van der Waals surface area contributed by atoms with E-state index < -0.39 is 0 Å². The van der Waals surface area contributed by atoms with Crippen molar-refractivity contribution in [2.45, 2.75) is 38.3 Å². The smallest absolute Gasteiger partial charge is 0.234 e. The van der Waals surface area contributed by atoms with Gasteiger partial charge in [0.05, 0.1) is 19.8 Å². The standard InChI is InChI=1S/C24H34N4O3/c29-23(25-13-18-4-6-21(7-5-18)27-8-10-31-11-9-27)17-26-14-19-12-20(16-26)22-2-1-3-24(30)28(22)15-19/h4-7,19-20,22H,1-3,8-17H2,(H,25,29)/t19-,20-,22-/m1/s1. The first-order valence-corrected chi connectivity index (χ1v) is 11.9. The molecule has 4 saturated heterocycles. The van der Waals surface area contributed by atoms with Crippen LogP contribution < -0.4 is 10.2 Å². The lowest BCUT2D eigenvalue weighted by Gasteiger charge is -2.52. The Labute approximate surface area is 184 Å². The largest absolute Gasteiger partial charge is 0.378 e. The van der Waals surface area contributed by atoms with Crippen molar-refractivity contribution in [2.75, 3.05) is 57.4 Å². The van der Waals surface area contributed by atoms with Crippen molar-refractivity contribution >= 4 is 17.5 Å². The fourth-order valence-corrected chi connectivity index (χ4v) is 5.95. The summed E-state index contributed by atoms with van der Waals surface area (Å²) >= 11 is 0. The van der Waals surface area contributed by atoms with Crippen LogP contribution >= 0.6 is 0 Å². The molecule has 7 heteroatoms. The second-order valence-electron chi connectivity index (χ2n) is 9.60. The number of rotatable bonds is 5. The van der Waals surface area contributed by atoms with Crippen LogP contribution in [0.25, 0.3) is 0 Å². The number of nitrogens with one attached hydrogen (secondary N) is 1. The molecule has 2 bridgehead atoms. The van der Waals surface area contributed by atoms with Gasteiger partial charge in [0.1, 0.15) is 0 Å². The van der Waals surface area contributed by atoms with E-state index in [9.17, 15) is 9.59 Å². The lowest BCUT2D eigenvalue weighted by atomic mass is 9.76. The quantitative estimate of drug-likeness (QED) is 0.773. The van der Waals surface area contributed by atoms with Gasteiger partial charge in [0.2, 0.25) is 11.8 Å². The molecule has 31 heavy (non-hydrogen) atoms. The Bertz CT molecular complexity index is 793. The highest BCUT2D eigenvalue weighted by Gasteiger charge is 2.44. The molecular formula is C24H34N4O3. The van der Waals surface area contributed by atoms with Gasteiger partial charge in [-0.25, -0.2) is 0 Å². The molecule has 4 aliphatic rings. The van der Waals surface area contributed by atoms with Crippen LogP contribution in [0.2, 0.25) is 0 Å². The van der Waals surface area contributed by atoms with Gasteiger partial charge in [-0.15, -0.1) is 0 Å². The number of carbonyl (C=O) groups excluding carboxylic acids is 2. The highest BCUT2D eigenvalue weighted by molar-refractivity contribution is 5.78. The van der Waals surface area contributed by atoms with Crippen LogP contribution in [0.5, 0.6) is 0 Å². The molecule has 2 amide bonds. The number of fused-ring (bicyclic) bond motifs is 4. The van der Waals surface area contributed by atoms with Gasteiger partial charge in [0, 0.05) is 57.4 Å². The Hall–Kier alpha value is -2.12. The number of amides is 2. The van der Waals surface area contributed by atoms with Crippen molar-refractivity contribution in [3.8, 4) is 0 Å². The van der Waals surface area contributed by atoms with Crippen molar-refractivity contribution in [2.24, 2.45) is 11.8 Å². The van der Waals surface area contributed by atoms with Gasteiger partial charge in [-0.05, 0) is 48.8 Å². The predicted molar refractivity (Wildman–Crippen MR) is 119 cm³/mol. The van der Waals surface area contributed by atoms with Crippen LogP contribution in [0, 0.1) is 11.8 Å². The van der Waals surface area contributed by atoms with Crippen LogP contribution in [0.3, 0.4) is 0 Å². The number of anilines is 1. The van der Waals surface area contributed by atoms with Gasteiger partial charge in [-0.2, -0.15) is 0 Å². The van der Waals surface area contributed by atoms with E-state index in [1.165, 1.54) is 12.1 Å². The molecule has 4 heterocycles. The molecule has 0 aliphatic carbocycles. The van der Waals surface area contributed by atoms with E-state index in [0.717, 1.165) is 70.8 Å². The molecular weight excluding hydrogens is 392 g/mol. The monoisotopic (exact) mass is 426 g/mol. The number of ether oxygens (including phenoxy) is 1. The SMILES string of the molecule is O=C(CN1C[C@H]2C[C@H](C1)[C@H]1CCCC(=O)N1C2)NCc1ccc(N2CCOCC2)cc1. The average Bonchev–Trinajstić information content (AvgIpc) is 2.79. The molecule has 7 nitrogen and oxygen atoms in total. The maximum Gasteiger partial charge on any atom is 0.234 e. The molecule has 0 unspecified atom stereocenters. The molecule has 0 radical (unpaired) electrons. The molecule has 0 saturated carbocycles. The first-order valence-electron chi connectivity index (χ1n) is 11.9. The molecule has 1 N–H and O–H groups in total. The van der Waals surface area contributed by atoms with Gasteiger partial charge in [0.15, 0.2) is 0 Å². The zero-order valence-corrected chi connectivity index (χ0v) is 18.3. The summed E-state index contributed by atoms with van der Waals surface area (Å²) in [4.78, 5) is 31.7. The third-order valence-electron chi connectivity index (χ3n) is 7.42. The van der Waals surface area contributed by atoms with Crippen LogP contribution in [-0.4, -0.2) is 80.1 Å². The van der Waals surface area contributed by atoms with Gasteiger partial charge in [-0.3, -0.25) is 14.5 Å². The van der Waals surface area contributed by atoms with Crippen molar-refractivity contribution in [3.05, 3.63) is 29.8 Å². The maximum atomic E-state index is 12.6. The maximum absolute atomic E-state index is 12.6. The molecule has 5 rings (SSSR count). The normalized spacial score (nSPS) is 28.9. The number of hydrogen-bond donors (Lipinski definition) is 1. The van der Waals surface area contributed by atoms with Gasteiger partial charge in [0.25, 0.3) is 0 Å². The van der Waals surface area contributed by atoms with Gasteiger partial charge < -0.3 is 19.9 Å². The molecule has 1 aromatic carbocycles. The fourth-order valence-electron chi connectivity index (χ4n) is 5.95. The number of benzene rings is 1. The Balaban J connectivity index is 1.10. The van der Waals surface area contributed by atoms with Crippen LogP contribution in [0.1, 0.15) is 31.2 Å². The number of nitrogens with zero attached hydrogens (tertiary/aromatic N) is 3. The first-order chi connectivity index (χ1) is 15.2. The van der Waals surface area contributed by atoms with E-state index in [1.54, 1.807) is 0 Å². The first kappa shape index (κ1) is 20.8. The highest BCUT2D eigenvalue weighted by Crippen LogP contribution is 2.37. The van der Waals surface area contributed by atoms with Gasteiger partial charge in [-0.1, -0.05) is 12.1 Å². The van der Waals surface area contributed by atoms with Crippen LogP contribution in [0.15, 0.2) is 24.3 Å². The number of carbonyl (C=O) groups is 2. The molecule has 168 valence electrons. The summed E-state index contributed by atoms with van der Waals surface area (Å²) in [6.07, 6.45) is 4.08. The minimum Gasteiger partial charge on any atom is -0.378 e. The van der Waals surface area contributed by atoms with E-state index in [2.05, 4.69) is 44.3 Å². The van der Waals surface area contributed by atoms with E-state index in [-0.39, 0.29) is 5.91 Å². The van der Waals surface area contributed by atoms with Crippen molar-refractivity contribution < 1.29 is 14.3 Å². The topological polar surface area (TPSA) is 65.1 Å². The minimum atomic E-state index is 0.0915. The average molecular weight is 427 g/mol. The number of hydrogen-bond acceptors (Lipinski definition) is 5. The van der Waals surface area contributed by atoms with Crippen molar-refractivity contribution in [1.82, 2.24) is 15.1 Å². The molecule has 0 spiro atoms. The Morgan fingerprint density at radius 3 is 2.71 bits per heavy atom. The highest BCUT2D eigenvalue weighted by atomic mass is 16.5. The predicted octanol–water partition coefficient (Wildman–Crippen LogP) is 1.47. The molecule has 4 fully saturated rings.